The van der Waals surface area contributed by atoms with E-state index in [4.69, 9.17) is 9.15 Å². The summed E-state index contributed by atoms with van der Waals surface area (Å²) in [4.78, 5) is 14.4. The molecule has 128 valence electrons. The molecule has 1 saturated heterocycles. The van der Waals surface area contributed by atoms with Crippen molar-refractivity contribution < 1.29 is 18.3 Å². The summed E-state index contributed by atoms with van der Waals surface area (Å²) >= 11 is 0. The van der Waals surface area contributed by atoms with Crippen LogP contribution in [0.25, 0.3) is 11.3 Å². The fourth-order valence-electron chi connectivity index (χ4n) is 2.65. The summed E-state index contributed by atoms with van der Waals surface area (Å²) < 4.78 is 23.8. The largest absolute Gasteiger partial charge is 0.451 e. The van der Waals surface area contributed by atoms with E-state index in [-0.39, 0.29) is 17.5 Å². The predicted octanol–water partition coefficient (Wildman–Crippen LogP) is 2.54. The normalized spacial score (nSPS) is 15.4. The summed E-state index contributed by atoms with van der Waals surface area (Å²) in [6.45, 7) is 5.02. The lowest BCUT2D eigenvalue weighted by molar-refractivity contribution is 0.0374. The second kappa shape index (κ2) is 8.08. The molecule has 1 aliphatic rings. The first kappa shape index (κ1) is 16.7. The maximum atomic E-state index is 12.9. The van der Waals surface area contributed by atoms with Crippen LogP contribution in [0.5, 0.6) is 0 Å². The number of nitrogens with zero attached hydrogens (tertiary/aromatic N) is 1. The van der Waals surface area contributed by atoms with Crippen molar-refractivity contribution in [3.8, 4) is 11.3 Å². The van der Waals surface area contributed by atoms with E-state index in [1.165, 1.54) is 12.1 Å². The number of amides is 1. The van der Waals surface area contributed by atoms with E-state index in [1.54, 1.807) is 24.3 Å². The molecule has 0 saturated carbocycles. The monoisotopic (exact) mass is 332 g/mol. The molecule has 6 heteroatoms. The number of hydrogen-bond donors (Lipinski definition) is 1. The van der Waals surface area contributed by atoms with Gasteiger partial charge in [-0.2, -0.15) is 0 Å². The third kappa shape index (κ3) is 4.43. The van der Waals surface area contributed by atoms with Crippen molar-refractivity contribution in [1.29, 1.82) is 0 Å². The Labute approximate surface area is 140 Å². The van der Waals surface area contributed by atoms with Gasteiger partial charge >= 0.3 is 0 Å². The predicted molar refractivity (Wildman–Crippen MR) is 88.3 cm³/mol. The van der Waals surface area contributed by atoms with Crippen LogP contribution in [0, 0.1) is 5.82 Å². The van der Waals surface area contributed by atoms with Crippen molar-refractivity contribution in [1.82, 2.24) is 10.2 Å². The van der Waals surface area contributed by atoms with Crippen LogP contribution in [0.2, 0.25) is 0 Å². The molecule has 3 rings (SSSR count). The summed E-state index contributed by atoms with van der Waals surface area (Å²) in [5, 5.41) is 2.86. The van der Waals surface area contributed by atoms with Gasteiger partial charge in [0.05, 0.1) is 13.2 Å². The third-order valence-corrected chi connectivity index (χ3v) is 4.00. The number of carbonyl (C=O) groups is 1. The van der Waals surface area contributed by atoms with Gasteiger partial charge < -0.3 is 14.5 Å². The molecule has 24 heavy (non-hydrogen) atoms. The summed E-state index contributed by atoms with van der Waals surface area (Å²) in [7, 11) is 0. The van der Waals surface area contributed by atoms with Crippen LogP contribution in [0.15, 0.2) is 40.8 Å². The standard InChI is InChI=1S/C18H21FN2O3/c19-15-4-2-14(3-5-15)16-6-7-17(24-16)18(22)20-8-1-9-21-10-12-23-13-11-21/h2-7H,1,8-13H2,(H,20,22). The fourth-order valence-corrected chi connectivity index (χ4v) is 2.65. The van der Waals surface area contributed by atoms with Crippen molar-refractivity contribution in [2.75, 3.05) is 39.4 Å². The lowest BCUT2D eigenvalue weighted by Crippen LogP contribution is -2.38. The van der Waals surface area contributed by atoms with Gasteiger partial charge in [-0.05, 0) is 49.4 Å². The van der Waals surface area contributed by atoms with Crippen LogP contribution in [0.3, 0.4) is 0 Å². The van der Waals surface area contributed by atoms with Crippen molar-refractivity contribution in [2.24, 2.45) is 0 Å². The number of halogens is 1. The van der Waals surface area contributed by atoms with Crippen molar-refractivity contribution in [2.45, 2.75) is 6.42 Å². The van der Waals surface area contributed by atoms with Crippen molar-refractivity contribution in [3.63, 3.8) is 0 Å². The Morgan fingerprint density at radius 1 is 1.12 bits per heavy atom. The van der Waals surface area contributed by atoms with Gasteiger partial charge in [0, 0.05) is 25.2 Å². The molecule has 1 fully saturated rings. The maximum absolute atomic E-state index is 12.9. The molecule has 5 nitrogen and oxygen atoms in total. The molecule has 1 aromatic heterocycles. The number of morpholine rings is 1. The van der Waals surface area contributed by atoms with E-state index >= 15 is 0 Å². The first-order chi connectivity index (χ1) is 11.7. The Kier molecular flexibility index (Phi) is 5.61. The van der Waals surface area contributed by atoms with Gasteiger partial charge in [-0.15, -0.1) is 0 Å². The van der Waals surface area contributed by atoms with Gasteiger partial charge in [0.15, 0.2) is 5.76 Å². The Morgan fingerprint density at radius 2 is 1.88 bits per heavy atom. The third-order valence-electron chi connectivity index (χ3n) is 4.00. The summed E-state index contributed by atoms with van der Waals surface area (Å²) in [6.07, 6.45) is 0.886. The van der Waals surface area contributed by atoms with Crippen molar-refractivity contribution >= 4 is 5.91 Å². The van der Waals surface area contributed by atoms with Gasteiger partial charge in [0.1, 0.15) is 11.6 Å². The van der Waals surface area contributed by atoms with Crippen LogP contribution >= 0.6 is 0 Å². The highest BCUT2D eigenvalue weighted by molar-refractivity contribution is 5.92. The number of ether oxygens (including phenoxy) is 1. The number of furan rings is 1. The maximum Gasteiger partial charge on any atom is 0.287 e. The SMILES string of the molecule is O=C(NCCCN1CCOCC1)c1ccc(-c2ccc(F)cc2)o1. The minimum atomic E-state index is -0.302. The van der Waals surface area contributed by atoms with Crippen LogP contribution in [0.1, 0.15) is 17.0 Å². The van der Waals surface area contributed by atoms with Crippen molar-refractivity contribution in [3.05, 3.63) is 48.0 Å². The Hall–Kier alpha value is -2.18. The minimum Gasteiger partial charge on any atom is -0.451 e. The molecule has 1 aromatic carbocycles. The van der Waals surface area contributed by atoms with Crippen LogP contribution < -0.4 is 5.32 Å². The quantitative estimate of drug-likeness (QED) is 0.826. The van der Waals surface area contributed by atoms with Gasteiger partial charge in [-0.25, -0.2) is 4.39 Å². The zero-order chi connectivity index (χ0) is 16.8. The first-order valence-corrected chi connectivity index (χ1v) is 8.16. The topological polar surface area (TPSA) is 54.7 Å². The molecule has 1 aliphatic heterocycles. The molecule has 0 spiro atoms. The number of rotatable bonds is 6. The second-order valence-corrected chi connectivity index (χ2v) is 5.73. The zero-order valence-corrected chi connectivity index (χ0v) is 13.5. The van der Waals surface area contributed by atoms with E-state index in [9.17, 15) is 9.18 Å². The molecular weight excluding hydrogens is 311 g/mol. The molecule has 1 N–H and O–H groups in total. The van der Waals surface area contributed by atoms with E-state index < -0.39 is 0 Å². The number of carbonyl (C=O) groups excluding carboxylic acids is 1. The Bertz CT molecular complexity index is 663. The molecular formula is C18H21FN2O3. The molecule has 0 bridgehead atoms. The highest BCUT2D eigenvalue weighted by Crippen LogP contribution is 2.22. The smallest absolute Gasteiger partial charge is 0.287 e. The van der Waals surface area contributed by atoms with Crippen LogP contribution in [0.4, 0.5) is 4.39 Å². The Balaban J connectivity index is 1.46. The fraction of sp³-hybridized carbons (Fsp3) is 0.389. The van der Waals surface area contributed by atoms with E-state index in [2.05, 4.69) is 10.2 Å². The second-order valence-electron chi connectivity index (χ2n) is 5.73. The van der Waals surface area contributed by atoms with Gasteiger partial charge in [0.25, 0.3) is 5.91 Å². The molecule has 1 amide bonds. The zero-order valence-electron chi connectivity index (χ0n) is 13.5. The minimum absolute atomic E-state index is 0.231. The molecule has 0 aliphatic carbocycles. The average molecular weight is 332 g/mol. The Morgan fingerprint density at radius 3 is 2.62 bits per heavy atom. The van der Waals surface area contributed by atoms with Crippen LogP contribution in [-0.4, -0.2) is 50.2 Å². The van der Waals surface area contributed by atoms with E-state index in [0.717, 1.165) is 44.8 Å². The van der Waals surface area contributed by atoms with E-state index in [0.29, 0.717) is 12.3 Å². The average Bonchev–Trinajstić information content (AvgIpc) is 3.10. The molecule has 0 unspecified atom stereocenters. The number of nitrogens with one attached hydrogen (secondary N) is 1. The summed E-state index contributed by atoms with van der Waals surface area (Å²) in [5.74, 6) is 0.281. The number of hydrogen-bond acceptors (Lipinski definition) is 4. The van der Waals surface area contributed by atoms with Gasteiger partial charge in [0.2, 0.25) is 0 Å². The lowest BCUT2D eigenvalue weighted by Gasteiger charge is -2.26. The molecule has 2 heterocycles. The first-order valence-electron chi connectivity index (χ1n) is 8.16. The summed E-state index contributed by atoms with van der Waals surface area (Å²) in [6, 6.07) is 9.33. The molecule has 2 aromatic rings. The highest BCUT2D eigenvalue weighted by Gasteiger charge is 2.13. The van der Waals surface area contributed by atoms with Gasteiger partial charge in [-0.3, -0.25) is 9.69 Å². The highest BCUT2D eigenvalue weighted by atomic mass is 19.1. The van der Waals surface area contributed by atoms with E-state index in [1.807, 2.05) is 0 Å². The summed E-state index contributed by atoms with van der Waals surface area (Å²) in [5.41, 5.74) is 0.739. The molecule has 0 radical (unpaired) electrons. The number of benzene rings is 1. The van der Waals surface area contributed by atoms with Crippen LogP contribution in [-0.2, 0) is 4.74 Å². The lowest BCUT2D eigenvalue weighted by atomic mass is 10.2. The molecule has 0 atom stereocenters. The van der Waals surface area contributed by atoms with Gasteiger partial charge in [-0.1, -0.05) is 0 Å².